The summed E-state index contributed by atoms with van der Waals surface area (Å²) in [4.78, 5) is 24.9. The van der Waals surface area contributed by atoms with Crippen molar-refractivity contribution in [1.29, 1.82) is 0 Å². The Kier molecular flexibility index (Phi) is 2.65. The van der Waals surface area contributed by atoms with Gasteiger partial charge in [0.1, 0.15) is 27.7 Å². The highest BCUT2D eigenvalue weighted by atomic mass is 32.1. The third-order valence-electron chi connectivity index (χ3n) is 2.86. The van der Waals surface area contributed by atoms with E-state index < -0.39 is 0 Å². The maximum atomic E-state index is 11.9. The first kappa shape index (κ1) is 12.3. The maximum absolute atomic E-state index is 11.9. The number of thiazole rings is 2. The normalized spacial score (nSPS) is 11.3. The summed E-state index contributed by atoms with van der Waals surface area (Å²) in [6.45, 7) is 0. The lowest BCUT2D eigenvalue weighted by molar-refractivity contribution is 0.607. The van der Waals surface area contributed by atoms with E-state index in [0.29, 0.717) is 16.3 Å². The van der Waals surface area contributed by atoms with Crippen LogP contribution in [0.5, 0.6) is 0 Å². The SMILES string of the molecule is Cn1nnc2c(-c3nc(-c4nccs4)cs3)ncn2c1=O. The summed E-state index contributed by atoms with van der Waals surface area (Å²) in [6.07, 6.45) is 3.17. The van der Waals surface area contributed by atoms with E-state index in [1.54, 1.807) is 13.2 Å². The molecule has 8 nitrogen and oxygen atoms in total. The minimum absolute atomic E-state index is 0.296. The second kappa shape index (κ2) is 4.53. The Morgan fingerprint density at radius 2 is 2.10 bits per heavy atom. The van der Waals surface area contributed by atoms with Gasteiger partial charge in [0.05, 0.1) is 0 Å². The Labute approximate surface area is 125 Å². The maximum Gasteiger partial charge on any atom is 0.352 e. The molecule has 104 valence electrons. The summed E-state index contributed by atoms with van der Waals surface area (Å²) in [5, 5.41) is 13.1. The van der Waals surface area contributed by atoms with Gasteiger partial charge in [-0.25, -0.2) is 24.1 Å². The van der Waals surface area contributed by atoms with Crippen LogP contribution in [-0.2, 0) is 7.05 Å². The van der Waals surface area contributed by atoms with Gasteiger partial charge in [0.15, 0.2) is 5.65 Å². The molecule has 0 spiro atoms. The van der Waals surface area contributed by atoms with Crippen LogP contribution < -0.4 is 5.69 Å². The van der Waals surface area contributed by atoms with Gasteiger partial charge in [0, 0.05) is 24.0 Å². The molecule has 0 aliphatic heterocycles. The molecule has 0 aliphatic carbocycles. The van der Waals surface area contributed by atoms with Crippen molar-refractivity contribution in [2.45, 2.75) is 0 Å². The summed E-state index contributed by atoms with van der Waals surface area (Å²) in [5.41, 5.74) is 1.45. The fourth-order valence-corrected chi connectivity index (χ4v) is 3.33. The highest BCUT2D eigenvalue weighted by molar-refractivity contribution is 7.15. The zero-order chi connectivity index (χ0) is 14.4. The number of fused-ring (bicyclic) bond motifs is 1. The molecule has 0 aromatic carbocycles. The Balaban J connectivity index is 1.88. The molecule has 0 aliphatic rings. The first-order chi connectivity index (χ1) is 10.2. The summed E-state index contributed by atoms with van der Waals surface area (Å²) >= 11 is 2.95. The fraction of sp³-hybridized carbons (Fsp3) is 0.0909. The van der Waals surface area contributed by atoms with E-state index in [9.17, 15) is 4.79 Å². The molecule has 4 heterocycles. The third-order valence-corrected chi connectivity index (χ3v) is 4.50. The molecule has 0 unspecified atom stereocenters. The van der Waals surface area contributed by atoms with Gasteiger partial charge >= 0.3 is 5.69 Å². The van der Waals surface area contributed by atoms with Crippen molar-refractivity contribution in [2.75, 3.05) is 0 Å². The quantitative estimate of drug-likeness (QED) is 0.549. The number of nitrogens with zero attached hydrogens (tertiary/aromatic N) is 7. The van der Waals surface area contributed by atoms with Crippen LogP contribution in [0.4, 0.5) is 0 Å². The zero-order valence-electron chi connectivity index (χ0n) is 10.7. The molecule has 21 heavy (non-hydrogen) atoms. The summed E-state index contributed by atoms with van der Waals surface area (Å²) in [6, 6.07) is 0. The molecular formula is C11H7N7OS2. The van der Waals surface area contributed by atoms with Gasteiger partial charge in [-0.1, -0.05) is 5.21 Å². The third kappa shape index (κ3) is 1.87. The highest BCUT2D eigenvalue weighted by Gasteiger charge is 2.16. The predicted molar refractivity (Wildman–Crippen MR) is 78.2 cm³/mol. The van der Waals surface area contributed by atoms with Crippen molar-refractivity contribution in [3.8, 4) is 21.4 Å². The van der Waals surface area contributed by atoms with Crippen LogP contribution in [0.15, 0.2) is 28.1 Å². The second-order valence-electron chi connectivity index (χ2n) is 4.16. The number of aryl methyl sites for hydroxylation is 1. The molecule has 0 amide bonds. The van der Waals surface area contributed by atoms with E-state index in [4.69, 9.17) is 0 Å². The van der Waals surface area contributed by atoms with Gasteiger partial charge in [-0.3, -0.25) is 0 Å². The van der Waals surface area contributed by atoms with Gasteiger partial charge in [-0.05, 0) is 0 Å². The predicted octanol–water partition coefficient (Wildman–Crippen LogP) is 1.07. The number of imidazole rings is 1. The molecule has 4 aromatic heterocycles. The van der Waals surface area contributed by atoms with Crippen LogP contribution in [0, 0.1) is 0 Å². The van der Waals surface area contributed by atoms with Crippen LogP contribution >= 0.6 is 22.7 Å². The number of hydrogen-bond donors (Lipinski definition) is 0. The zero-order valence-corrected chi connectivity index (χ0v) is 12.3. The van der Waals surface area contributed by atoms with E-state index in [1.807, 2.05) is 10.8 Å². The molecule has 0 atom stereocenters. The van der Waals surface area contributed by atoms with Gasteiger partial charge in [0.25, 0.3) is 0 Å². The molecule has 4 rings (SSSR count). The van der Waals surface area contributed by atoms with Crippen LogP contribution in [-0.4, -0.2) is 34.3 Å². The number of rotatable bonds is 2. The lowest BCUT2D eigenvalue weighted by Gasteiger charge is -1.95. The van der Waals surface area contributed by atoms with E-state index in [0.717, 1.165) is 15.4 Å². The largest absolute Gasteiger partial charge is 0.352 e. The standard InChI is InChI=1S/C11H7N7OS2/c1-17-11(19)18-5-13-7(8(18)15-16-17)10-14-6(4-21-10)9-12-2-3-20-9/h2-5H,1H3. The average Bonchev–Trinajstić information content (AvgIpc) is 3.20. The summed E-state index contributed by atoms with van der Waals surface area (Å²) < 4.78 is 2.51. The van der Waals surface area contributed by atoms with Crippen molar-refractivity contribution in [1.82, 2.24) is 34.3 Å². The Bertz CT molecular complexity index is 982. The second-order valence-corrected chi connectivity index (χ2v) is 5.91. The van der Waals surface area contributed by atoms with Crippen molar-refractivity contribution >= 4 is 28.3 Å². The molecule has 0 fully saturated rings. The monoisotopic (exact) mass is 317 g/mol. The molecule has 0 saturated carbocycles. The minimum atomic E-state index is -0.296. The van der Waals surface area contributed by atoms with Gasteiger partial charge in [-0.2, -0.15) is 4.68 Å². The Hall–Kier alpha value is -2.46. The first-order valence-electron chi connectivity index (χ1n) is 5.87. The molecule has 0 bridgehead atoms. The van der Waals surface area contributed by atoms with Crippen molar-refractivity contribution in [3.05, 3.63) is 33.8 Å². The highest BCUT2D eigenvalue weighted by Crippen LogP contribution is 2.30. The molecule has 0 N–H and O–H groups in total. The van der Waals surface area contributed by atoms with Gasteiger partial charge in [-0.15, -0.1) is 27.8 Å². The topological polar surface area (TPSA) is 90.9 Å². The van der Waals surface area contributed by atoms with Crippen molar-refractivity contribution in [3.63, 3.8) is 0 Å². The molecular weight excluding hydrogens is 310 g/mol. The summed E-state index contributed by atoms with van der Waals surface area (Å²) in [7, 11) is 1.54. The van der Waals surface area contributed by atoms with Crippen LogP contribution in [0.2, 0.25) is 0 Å². The average molecular weight is 317 g/mol. The van der Waals surface area contributed by atoms with E-state index in [-0.39, 0.29) is 5.69 Å². The lowest BCUT2D eigenvalue weighted by Crippen LogP contribution is -2.26. The van der Waals surface area contributed by atoms with Crippen molar-refractivity contribution < 1.29 is 0 Å². The van der Waals surface area contributed by atoms with Gasteiger partial charge < -0.3 is 0 Å². The van der Waals surface area contributed by atoms with E-state index in [2.05, 4.69) is 25.3 Å². The Morgan fingerprint density at radius 1 is 1.19 bits per heavy atom. The first-order valence-corrected chi connectivity index (χ1v) is 7.63. The molecule has 10 heteroatoms. The van der Waals surface area contributed by atoms with E-state index in [1.165, 1.54) is 33.4 Å². The number of aromatic nitrogens is 7. The molecule has 0 saturated heterocycles. The molecule has 4 aromatic rings. The smallest absolute Gasteiger partial charge is 0.245 e. The van der Waals surface area contributed by atoms with Crippen molar-refractivity contribution in [2.24, 2.45) is 7.05 Å². The lowest BCUT2D eigenvalue weighted by atomic mass is 10.4. The van der Waals surface area contributed by atoms with Crippen LogP contribution in [0.3, 0.4) is 0 Å². The van der Waals surface area contributed by atoms with E-state index >= 15 is 0 Å². The van der Waals surface area contributed by atoms with Crippen LogP contribution in [0.25, 0.3) is 27.1 Å². The van der Waals surface area contributed by atoms with Crippen LogP contribution in [0.1, 0.15) is 0 Å². The molecule has 0 radical (unpaired) electrons. The summed E-state index contributed by atoms with van der Waals surface area (Å²) in [5.74, 6) is 0. The van der Waals surface area contributed by atoms with Gasteiger partial charge in [0.2, 0.25) is 0 Å². The minimum Gasteiger partial charge on any atom is -0.245 e. The Morgan fingerprint density at radius 3 is 2.90 bits per heavy atom. The number of hydrogen-bond acceptors (Lipinski definition) is 8. The fourth-order valence-electron chi connectivity index (χ4n) is 1.86.